The van der Waals surface area contributed by atoms with Crippen LogP contribution in [-0.4, -0.2) is 38.3 Å². The highest BCUT2D eigenvalue weighted by Crippen LogP contribution is 2.31. The van der Waals surface area contributed by atoms with Crippen LogP contribution in [0.25, 0.3) is 0 Å². The summed E-state index contributed by atoms with van der Waals surface area (Å²) >= 11 is 0. The minimum absolute atomic E-state index is 0.118. The number of rotatable bonds is 4. The number of ether oxygens (including phenoxy) is 1. The van der Waals surface area contributed by atoms with E-state index in [2.05, 4.69) is 5.32 Å². The molecule has 29 heavy (non-hydrogen) atoms. The zero-order valence-corrected chi connectivity index (χ0v) is 17.2. The van der Waals surface area contributed by atoms with Gasteiger partial charge in [0.2, 0.25) is 10.0 Å². The fourth-order valence-corrected chi connectivity index (χ4v) is 5.46. The van der Waals surface area contributed by atoms with Crippen LogP contribution in [0.3, 0.4) is 0 Å². The van der Waals surface area contributed by atoms with Gasteiger partial charge in [-0.15, -0.1) is 0 Å². The van der Waals surface area contributed by atoms with E-state index >= 15 is 0 Å². The second kappa shape index (κ2) is 8.55. The van der Waals surface area contributed by atoms with Crippen molar-refractivity contribution in [3.63, 3.8) is 0 Å². The van der Waals surface area contributed by atoms with Gasteiger partial charge in [-0.25, -0.2) is 8.42 Å². The summed E-state index contributed by atoms with van der Waals surface area (Å²) in [6.45, 7) is 1.68. The molecule has 2 aliphatic rings. The Bertz CT molecular complexity index is 965. The maximum absolute atomic E-state index is 12.9. The smallest absolute Gasteiger partial charge is 0.251 e. The van der Waals surface area contributed by atoms with Gasteiger partial charge in [-0.1, -0.05) is 31.0 Å². The molecular weight excluding hydrogens is 388 g/mol. The van der Waals surface area contributed by atoms with E-state index in [9.17, 15) is 13.2 Å². The molecule has 1 saturated heterocycles. The number of nitrogens with zero attached hydrogens (tertiary/aromatic N) is 1. The van der Waals surface area contributed by atoms with E-state index in [0.717, 1.165) is 37.0 Å². The van der Waals surface area contributed by atoms with Gasteiger partial charge in [0.25, 0.3) is 5.91 Å². The topological polar surface area (TPSA) is 75.7 Å². The molecule has 2 aromatic carbocycles. The molecule has 2 aromatic rings. The van der Waals surface area contributed by atoms with Crippen LogP contribution in [0, 0.1) is 0 Å². The van der Waals surface area contributed by atoms with Crippen LogP contribution in [0.15, 0.2) is 53.4 Å². The first-order valence-electron chi connectivity index (χ1n) is 10.2. The van der Waals surface area contributed by atoms with Crippen molar-refractivity contribution in [2.24, 2.45) is 0 Å². The standard InChI is InChI=1S/C22H26N2O4S/c25-22(23-20-13-16-28-21-8-4-3-7-19(20)21)17-9-11-18(12-10-17)29(26,27)24-14-5-1-2-6-15-24/h3-4,7-12,20H,1-2,5-6,13-16H2,(H,23,25)/t20-/m1/s1. The molecular formula is C22H26N2O4S. The quantitative estimate of drug-likeness (QED) is 0.831. The molecule has 1 N–H and O–H groups in total. The Labute approximate surface area is 171 Å². The second-order valence-corrected chi connectivity index (χ2v) is 9.48. The summed E-state index contributed by atoms with van der Waals surface area (Å²) in [4.78, 5) is 13.0. The molecule has 0 spiro atoms. The van der Waals surface area contributed by atoms with Crippen molar-refractivity contribution >= 4 is 15.9 Å². The fourth-order valence-electron chi connectivity index (χ4n) is 3.94. The molecule has 2 aliphatic heterocycles. The van der Waals surface area contributed by atoms with Gasteiger partial charge in [0.15, 0.2) is 0 Å². The number of benzene rings is 2. The van der Waals surface area contributed by atoms with Crippen molar-refractivity contribution in [1.29, 1.82) is 0 Å². The third-order valence-electron chi connectivity index (χ3n) is 5.58. The Morgan fingerprint density at radius 2 is 1.66 bits per heavy atom. The van der Waals surface area contributed by atoms with Crippen molar-refractivity contribution in [2.45, 2.75) is 43.0 Å². The SMILES string of the molecule is O=C(N[C@@H]1CCOc2ccccc21)c1ccc(S(=O)(=O)N2CCCCCC2)cc1. The summed E-state index contributed by atoms with van der Waals surface area (Å²) in [5, 5.41) is 3.04. The molecule has 154 valence electrons. The summed E-state index contributed by atoms with van der Waals surface area (Å²) in [6.07, 6.45) is 4.63. The zero-order chi connectivity index (χ0) is 20.3. The normalized spacial score (nSPS) is 20.2. The molecule has 4 rings (SSSR count). The molecule has 0 aliphatic carbocycles. The van der Waals surface area contributed by atoms with Crippen molar-refractivity contribution < 1.29 is 17.9 Å². The number of hydrogen-bond donors (Lipinski definition) is 1. The number of carbonyl (C=O) groups excluding carboxylic acids is 1. The average molecular weight is 415 g/mol. The number of para-hydroxylation sites is 1. The summed E-state index contributed by atoms with van der Waals surface area (Å²) in [7, 11) is -3.51. The lowest BCUT2D eigenvalue weighted by molar-refractivity contribution is 0.0924. The maximum Gasteiger partial charge on any atom is 0.251 e. The molecule has 7 heteroatoms. The Morgan fingerprint density at radius 3 is 2.38 bits per heavy atom. The Morgan fingerprint density at radius 1 is 0.966 bits per heavy atom. The first-order chi connectivity index (χ1) is 14.1. The molecule has 1 fully saturated rings. The molecule has 1 amide bonds. The second-order valence-electron chi connectivity index (χ2n) is 7.54. The highest BCUT2D eigenvalue weighted by atomic mass is 32.2. The van der Waals surface area contributed by atoms with E-state index in [1.54, 1.807) is 16.4 Å². The lowest BCUT2D eigenvalue weighted by Crippen LogP contribution is -2.33. The molecule has 2 heterocycles. The van der Waals surface area contributed by atoms with Gasteiger partial charge in [-0.05, 0) is 43.2 Å². The molecule has 0 aromatic heterocycles. The van der Waals surface area contributed by atoms with Gasteiger partial charge in [0.05, 0.1) is 17.5 Å². The number of carbonyl (C=O) groups is 1. The van der Waals surface area contributed by atoms with Crippen LogP contribution in [0.4, 0.5) is 0 Å². The van der Waals surface area contributed by atoms with Crippen LogP contribution in [-0.2, 0) is 10.0 Å². The van der Waals surface area contributed by atoms with Crippen LogP contribution in [0.5, 0.6) is 5.75 Å². The summed E-state index contributed by atoms with van der Waals surface area (Å²) < 4.78 is 33.0. The monoisotopic (exact) mass is 414 g/mol. The summed E-state index contributed by atoms with van der Waals surface area (Å²) in [5.41, 5.74) is 1.41. The first kappa shape index (κ1) is 19.9. The molecule has 0 saturated carbocycles. The molecule has 0 radical (unpaired) electrons. The average Bonchev–Trinajstić information content (AvgIpc) is 3.04. The van der Waals surface area contributed by atoms with E-state index in [4.69, 9.17) is 4.74 Å². The maximum atomic E-state index is 12.9. The predicted molar refractivity (Wildman–Crippen MR) is 110 cm³/mol. The summed E-state index contributed by atoms with van der Waals surface area (Å²) in [6, 6.07) is 13.8. The van der Waals surface area contributed by atoms with Crippen LogP contribution in [0.2, 0.25) is 0 Å². The molecule has 1 atom stereocenters. The lowest BCUT2D eigenvalue weighted by atomic mass is 10.00. The van der Waals surface area contributed by atoms with E-state index in [1.807, 2.05) is 24.3 Å². The Balaban J connectivity index is 1.47. The number of amides is 1. The van der Waals surface area contributed by atoms with Crippen LogP contribution >= 0.6 is 0 Å². The van der Waals surface area contributed by atoms with E-state index < -0.39 is 10.0 Å². The van der Waals surface area contributed by atoms with Crippen molar-refractivity contribution in [3.8, 4) is 5.75 Å². The van der Waals surface area contributed by atoms with E-state index in [0.29, 0.717) is 31.7 Å². The minimum atomic E-state index is -3.51. The van der Waals surface area contributed by atoms with Crippen molar-refractivity contribution in [3.05, 3.63) is 59.7 Å². The number of nitrogens with one attached hydrogen (secondary N) is 1. The zero-order valence-electron chi connectivity index (χ0n) is 16.3. The number of hydrogen-bond acceptors (Lipinski definition) is 4. The van der Waals surface area contributed by atoms with E-state index in [1.165, 1.54) is 12.1 Å². The van der Waals surface area contributed by atoms with Gasteiger partial charge in [-0.3, -0.25) is 4.79 Å². The number of sulfonamides is 1. The highest BCUT2D eigenvalue weighted by Gasteiger charge is 2.26. The van der Waals surface area contributed by atoms with Gasteiger partial charge in [-0.2, -0.15) is 4.31 Å². The third-order valence-corrected chi connectivity index (χ3v) is 7.50. The van der Waals surface area contributed by atoms with Gasteiger partial charge in [0, 0.05) is 30.6 Å². The molecule has 6 nitrogen and oxygen atoms in total. The highest BCUT2D eigenvalue weighted by molar-refractivity contribution is 7.89. The largest absolute Gasteiger partial charge is 0.493 e. The van der Waals surface area contributed by atoms with Crippen LogP contribution in [0.1, 0.15) is 54.1 Å². The lowest BCUT2D eigenvalue weighted by Gasteiger charge is -2.26. The van der Waals surface area contributed by atoms with Crippen LogP contribution < -0.4 is 10.1 Å². The Kier molecular flexibility index (Phi) is 5.87. The molecule has 0 unspecified atom stereocenters. The number of fused-ring (bicyclic) bond motifs is 1. The predicted octanol–water partition coefficient (Wildman–Crippen LogP) is 3.50. The van der Waals surface area contributed by atoms with Crippen molar-refractivity contribution in [2.75, 3.05) is 19.7 Å². The molecule has 0 bridgehead atoms. The van der Waals surface area contributed by atoms with Gasteiger partial charge < -0.3 is 10.1 Å². The van der Waals surface area contributed by atoms with E-state index in [-0.39, 0.29) is 16.8 Å². The summed E-state index contributed by atoms with van der Waals surface area (Å²) in [5.74, 6) is 0.577. The fraction of sp³-hybridized carbons (Fsp3) is 0.409. The van der Waals surface area contributed by atoms with Gasteiger partial charge in [0.1, 0.15) is 5.75 Å². The minimum Gasteiger partial charge on any atom is -0.493 e. The van der Waals surface area contributed by atoms with Gasteiger partial charge >= 0.3 is 0 Å². The van der Waals surface area contributed by atoms with Crippen molar-refractivity contribution in [1.82, 2.24) is 9.62 Å². The third kappa shape index (κ3) is 4.31. The Hall–Kier alpha value is -2.38. The first-order valence-corrected chi connectivity index (χ1v) is 11.6.